The van der Waals surface area contributed by atoms with E-state index in [1.807, 2.05) is 30.3 Å². The average Bonchev–Trinajstić information content (AvgIpc) is 3.46. The molecule has 1 N–H and O–H groups in total. The van der Waals surface area contributed by atoms with Crippen LogP contribution >= 0.6 is 0 Å². The molecule has 0 saturated heterocycles. The Morgan fingerprint density at radius 3 is 2.50 bits per heavy atom. The van der Waals surface area contributed by atoms with Gasteiger partial charge in [0.1, 0.15) is 12.6 Å². The Bertz CT molecular complexity index is 1360. The first kappa shape index (κ1) is 23.1. The van der Waals surface area contributed by atoms with Crippen LogP contribution in [0.25, 0.3) is 0 Å². The number of anilines is 2. The Hall–Kier alpha value is -4.66. The molecule has 1 atom stereocenters. The molecular formula is C27H23N3O6. The van der Waals surface area contributed by atoms with Crippen LogP contribution in [0.15, 0.2) is 72.8 Å². The lowest BCUT2D eigenvalue weighted by Crippen LogP contribution is -2.49. The number of nitrogens with one attached hydrogen (secondary N) is 1. The minimum atomic E-state index is -0.883. The Morgan fingerprint density at radius 1 is 0.972 bits per heavy atom. The summed E-state index contributed by atoms with van der Waals surface area (Å²) < 4.78 is 10.7. The van der Waals surface area contributed by atoms with Gasteiger partial charge in [0.25, 0.3) is 11.7 Å². The summed E-state index contributed by atoms with van der Waals surface area (Å²) in [4.78, 5) is 54.3. The second kappa shape index (κ2) is 9.53. The van der Waals surface area contributed by atoms with Crippen molar-refractivity contribution in [2.24, 2.45) is 0 Å². The SMILES string of the molecule is CC(C(=O)Nc1ccc2c(c1)OCO2)N(Cc1ccccc1)C(=O)CN1C(=O)C(=O)c2ccccc21. The molecule has 1 unspecified atom stereocenters. The van der Waals surface area contributed by atoms with Gasteiger partial charge < -0.3 is 19.7 Å². The molecule has 3 aromatic rings. The van der Waals surface area contributed by atoms with Crippen LogP contribution in [-0.4, -0.2) is 47.8 Å². The second-order valence-electron chi connectivity index (χ2n) is 8.48. The molecule has 9 nitrogen and oxygen atoms in total. The molecule has 0 radical (unpaired) electrons. The molecule has 2 aliphatic heterocycles. The van der Waals surface area contributed by atoms with Crippen LogP contribution in [0.1, 0.15) is 22.8 Å². The summed E-state index contributed by atoms with van der Waals surface area (Å²) in [5.74, 6) is -1.18. The van der Waals surface area contributed by atoms with Gasteiger partial charge in [0.2, 0.25) is 18.6 Å². The lowest BCUT2D eigenvalue weighted by atomic mass is 10.1. The van der Waals surface area contributed by atoms with Gasteiger partial charge >= 0.3 is 0 Å². The number of nitrogens with zero attached hydrogens (tertiary/aromatic N) is 2. The number of ether oxygens (including phenoxy) is 2. The number of benzene rings is 3. The number of Topliss-reactive ketones (excluding diaryl/α,β-unsaturated/α-hetero) is 1. The number of hydrogen-bond donors (Lipinski definition) is 1. The summed E-state index contributed by atoms with van der Waals surface area (Å²) in [6.45, 7) is 1.51. The van der Waals surface area contributed by atoms with E-state index in [4.69, 9.17) is 9.47 Å². The highest BCUT2D eigenvalue weighted by atomic mass is 16.7. The molecule has 2 aliphatic rings. The first-order valence-electron chi connectivity index (χ1n) is 11.4. The van der Waals surface area contributed by atoms with Gasteiger partial charge in [0.15, 0.2) is 11.5 Å². The highest BCUT2D eigenvalue weighted by Crippen LogP contribution is 2.34. The number of fused-ring (bicyclic) bond motifs is 2. The fourth-order valence-corrected chi connectivity index (χ4v) is 4.22. The lowest BCUT2D eigenvalue weighted by molar-refractivity contribution is -0.138. The minimum Gasteiger partial charge on any atom is -0.454 e. The molecule has 0 fully saturated rings. The Morgan fingerprint density at radius 2 is 1.69 bits per heavy atom. The van der Waals surface area contributed by atoms with E-state index in [1.165, 1.54) is 9.80 Å². The quantitative estimate of drug-likeness (QED) is 0.516. The third-order valence-electron chi connectivity index (χ3n) is 6.18. The predicted octanol–water partition coefficient (Wildman–Crippen LogP) is 3.00. The predicted molar refractivity (Wildman–Crippen MR) is 131 cm³/mol. The molecule has 0 spiro atoms. The van der Waals surface area contributed by atoms with Crippen LogP contribution in [0.3, 0.4) is 0 Å². The lowest BCUT2D eigenvalue weighted by Gasteiger charge is -2.30. The second-order valence-corrected chi connectivity index (χ2v) is 8.48. The van der Waals surface area contributed by atoms with Crippen molar-refractivity contribution in [2.45, 2.75) is 19.5 Å². The largest absolute Gasteiger partial charge is 0.454 e. The highest BCUT2D eigenvalue weighted by molar-refractivity contribution is 6.52. The standard InChI is InChI=1S/C27H23N3O6/c1-17(26(33)28-19-11-12-22-23(13-19)36-16-35-22)29(14-18-7-3-2-4-8-18)24(31)15-30-21-10-6-5-9-20(21)25(32)27(30)34/h2-13,17H,14-16H2,1H3,(H,28,33). The number of carbonyl (C=O) groups is 4. The van der Waals surface area contributed by atoms with Crippen LogP contribution in [0.4, 0.5) is 11.4 Å². The molecule has 36 heavy (non-hydrogen) atoms. The van der Waals surface area contributed by atoms with E-state index in [0.717, 1.165) is 5.56 Å². The van der Waals surface area contributed by atoms with Gasteiger partial charge in [0, 0.05) is 18.3 Å². The smallest absolute Gasteiger partial charge is 0.299 e. The van der Waals surface area contributed by atoms with E-state index in [0.29, 0.717) is 22.9 Å². The van der Waals surface area contributed by atoms with Gasteiger partial charge in [-0.1, -0.05) is 42.5 Å². The van der Waals surface area contributed by atoms with Crippen molar-refractivity contribution >= 4 is 34.9 Å². The van der Waals surface area contributed by atoms with Gasteiger partial charge in [-0.15, -0.1) is 0 Å². The topological polar surface area (TPSA) is 105 Å². The zero-order chi connectivity index (χ0) is 25.2. The van der Waals surface area contributed by atoms with Crippen molar-refractivity contribution in [1.82, 2.24) is 4.90 Å². The number of rotatable bonds is 7. The number of ketones is 1. The number of para-hydroxylation sites is 1. The Kier molecular flexibility index (Phi) is 6.12. The van der Waals surface area contributed by atoms with Crippen molar-refractivity contribution < 1.29 is 28.7 Å². The number of amides is 3. The molecule has 182 valence electrons. The van der Waals surface area contributed by atoms with Crippen LogP contribution in [0, 0.1) is 0 Å². The molecular weight excluding hydrogens is 462 g/mol. The Labute approximate surface area is 207 Å². The van der Waals surface area contributed by atoms with Gasteiger partial charge in [-0.2, -0.15) is 0 Å². The van der Waals surface area contributed by atoms with Crippen LogP contribution < -0.4 is 19.7 Å². The zero-order valence-corrected chi connectivity index (χ0v) is 19.5. The first-order valence-corrected chi connectivity index (χ1v) is 11.4. The zero-order valence-electron chi connectivity index (χ0n) is 19.5. The maximum Gasteiger partial charge on any atom is 0.299 e. The molecule has 0 saturated carbocycles. The molecule has 3 amide bonds. The number of hydrogen-bond acceptors (Lipinski definition) is 6. The molecule has 0 bridgehead atoms. The third-order valence-corrected chi connectivity index (χ3v) is 6.18. The average molecular weight is 485 g/mol. The summed E-state index contributed by atoms with van der Waals surface area (Å²) in [6, 6.07) is 19.9. The summed E-state index contributed by atoms with van der Waals surface area (Å²) in [6.07, 6.45) is 0. The van der Waals surface area contributed by atoms with Crippen molar-refractivity contribution in [2.75, 3.05) is 23.6 Å². The summed E-state index contributed by atoms with van der Waals surface area (Å²) in [7, 11) is 0. The van der Waals surface area contributed by atoms with Crippen molar-refractivity contribution in [1.29, 1.82) is 0 Å². The van der Waals surface area contributed by atoms with Gasteiger partial charge in [0.05, 0.1) is 11.3 Å². The van der Waals surface area contributed by atoms with Crippen molar-refractivity contribution in [3.05, 3.63) is 83.9 Å². The van der Waals surface area contributed by atoms with Gasteiger partial charge in [-0.3, -0.25) is 24.1 Å². The van der Waals surface area contributed by atoms with E-state index >= 15 is 0 Å². The fourth-order valence-electron chi connectivity index (χ4n) is 4.22. The third kappa shape index (κ3) is 4.38. The van der Waals surface area contributed by atoms with E-state index in [9.17, 15) is 19.2 Å². The monoisotopic (exact) mass is 485 g/mol. The minimum absolute atomic E-state index is 0.114. The van der Waals surface area contributed by atoms with E-state index in [-0.39, 0.29) is 25.4 Å². The molecule has 2 heterocycles. The normalized spacial score (nSPS) is 14.4. The van der Waals surface area contributed by atoms with Crippen LogP contribution in [0.5, 0.6) is 11.5 Å². The van der Waals surface area contributed by atoms with Gasteiger partial charge in [-0.05, 0) is 36.8 Å². The molecule has 3 aromatic carbocycles. The summed E-state index contributed by atoms with van der Waals surface area (Å²) in [5.41, 5.74) is 1.96. The first-order chi connectivity index (χ1) is 17.4. The summed E-state index contributed by atoms with van der Waals surface area (Å²) in [5, 5.41) is 2.81. The van der Waals surface area contributed by atoms with Crippen LogP contribution in [0.2, 0.25) is 0 Å². The molecule has 0 aliphatic carbocycles. The van der Waals surface area contributed by atoms with E-state index in [2.05, 4.69) is 5.32 Å². The van der Waals surface area contributed by atoms with E-state index in [1.54, 1.807) is 49.4 Å². The van der Waals surface area contributed by atoms with Crippen molar-refractivity contribution in [3.63, 3.8) is 0 Å². The maximum absolute atomic E-state index is 13.5. The molecule has 9 heteroatoms. The van der Waals surface area contributed by atoms with Crippen molar-refractivity contribution in [3.8, 4) is 11.5 Å². The van der Waals surface area contributed by atoms with Crippen LogP contribution in [-0.2, 0) is 20.9 Å². The molecule has 0 aromatic heterocycles. The fraction of sp³-hybridized carbons (Fsp3) is 0.185. The molecule has 5 rings (SSSR count). The highest BCUT2D eigenvalue weighted by Gasteiger charge is 2.38. The maximum atomic E-state index is 13.5. The summed E-state index contributed by atoms with van der Waals surface area (Å²) >= 11 is 0. The van der Waals surface area contributed by atoms with E-state index < -0.39 is 29.5 Å². The van der Waals surface area contributed by atoms with Gasteiger partial charge in [-0.25, -0.2) is 0 Å². The Balaban J connectivity index is 1.37. The number of carbonyl (C=O) groups excluding carboxylic acids is 4.